The van der Waals surface area contributed by atoms with E-state index in [0.717, 1.165) is 31.6 Å². The highest BCUT2D eigenvalue weighted by Crippen LogP contribution is 2.26. The number of hydrogen-bond acceptors (Lipinski definition) is 3. The lowest BCUT2D eigenvalue weighted by molar-refractivity contribution is 0.107. The summed E-state index contributed by atoms with van der Waals surface area (Å²) in [5, 5.41) is 13.7. The third-order valence-electron chi connectivity index (χ3n) is 4.27. The van der Waals surface area contributed by atoms with Crippen LogP contribution in [0.2, 0.25) is 0 Å². The van der Waals surface area contributed by atoms with Gasteiger partial charge >= 0.3 is 0 Å². The van der Waals surface area contributed by atoms with Gasteiger partial charge in [-0.1, -0.05) is 13.3 Å². The van der Waals surface area contributed by atoms with Gasteiger partial charge in [0.1, 0.15) is 0 Å². The van der Waals surface area contributed by atoms with Crippen LogP contribution in [0.1, 0.15) is 57.7 Å². The van der Waals surface area contributed by atoms with Gasteiger partial charge in [0.15, 0.2) is 0 Å². The molecule has 4 heteroatoms. The Labute approximate surface area is 116 Å². The molecule has 1 heterocycles. The van der Waals surface area contributed by atoms with Gasteiger partial charge in [0.25, 0.3) is 0 Å². The fourth-order valence-corrected chi connectivity index (χ4v) is 2.52. The highest BCUT2D eigenvalue weighted by atomic mass is 16.3. The molecule has 1 saturated carbocycles. The average molecular weight is 265 g/mol. The van der Waals surface area contributed by atoms with Gasteiger partial charge in [-0.05, 0) is 38.7 Å². The summed E-state index contributed by atoms with van der Waals surface area (Å²) in [6, 6.07) is 3.32. The second kappa shape index (κ2) is 7.06. The van der Waals surface area contributed by atoms with E-state index in [1.54, 1.807) is 0 Å². The quantitative estimate of drug-likeness (QED) is 0.785. The van der Waals surface area contributed by atoms with Crippen LogP contribution in [-0.4, -0.2) is 39.0 Å². The van der Waals surface area contributed by atoms with Crippen LogP contribution in [0.3, 0.4) is 0 Å². The van der Waals surface area contributed by atoms with Crippen LogP contribution in [0.5, 0.6) is 0 Å². The summed E-state index contributed by atoms with van der Waals surface area (Å²) in [5.74, 6) is 0. The highest BCUT2D eigenvalue weighted by Gasteiger charge is 2.25. The fraction of sp³-hybridized carbons (Fsp3) is 0.800. The van der Waals surface area contributed by atoms with Gasteiger partial charge in [-0.25, -0.2) is 0 Å². The maximum absolute atomic E-state index is 9.02. The minimum absolute atomic E-state index is 0.282. The molecule has 1 atom stereocenters. The number of aliphatic hydroxyl groups is 1. The first kappa shape index (κ1) is 14.5. The Morgan fingerprint density at radius 1 is 1.53 bits per heavy atom. The van der Waals surface area contributed by atoms with Crippen molar-refractivity contribution in [3.8, 4) is 0 Å². The number of aliphatic hydroxyl groups excluding tert-OH is 1. The molecule has 1 fully saturated rings. The Morgan fingerprint density at radius 3 is 2.89 bits per heavy atom. The van der Waals surface area contributed by atoms with Crippen LogP contribution in [0.15, 0.2) is 12.3 Å². The minimum atomic E-state index is 0.282. The van der Waals surface area contributed by atoms with Crippen LogP contribution in [0.25, 0.3) is 0 Å². The Morgan fingerprint density at radius 2 is 2.32 bits per heavy atom. The van der Waals surface area contributed by atoms with E-state index in [1.165, 1.54) is 19.3 Å². The monoisotopic (exact) mass is 265 g/mol. The van der Waals surface area contributed by atoms with Crippen LogP contribution < -0.4 is 0 Å². The molecule has 0 aliphatic heterocycles. The SMILES string of the molecule is CCC(C)n1ccc(CN(CCCO)C2CCC2)n1. The summed E-state index contributed by atoms with van der Waals surface area (Å²) >= 11 is 0. The maximum Gasteiger partial charge on any atom is 0.0764 e. The first-order chi connectivity index (χ1) is 9.24. The molecule has 1 aliphatic rings. The van der Waals surface area contributed by atoms with Crippen molar-refractivity contribution < 1.29 is 5.11 Å². The van der Waals surface area contributed by atoms with Crippen molar-refractivity contribution >= 4 is 0 Å². The summed E-state index contributed by atoms with van der Waals surface area (Å²) in [5.41, 5.74) is 1.16. The largest absolute Gasteiger partial charge is 0.396 e. The second-order valence-corrected chi connectivity index (χ2v) is 5.68. The van der Waals surface area contributed by atoms with Crippen molar-refractivity contribution in [2.75, 3.05) is 13.2 Å². The van der Waals surface area contributed by atoms with Crippen molar-refractivity contribution in [2.24, 2.45) is 0 Å². The molecule has 0 amide bonds. The maximum atomic E-state index is 9.02. The summed E-state index contributed by atoms with van der Waals surface area (Å²) in [6.45, 7) is 6.58. The molecular weight excluding hydrogens is 238 g/mol. The van der Waals surface area contributed by atoms with E-state index in [-0.39, 0.29) is 6.61 Å². The first-order valence-corrected chi connectivity index (χ1v) is 7.63. The van der Waals surface area contributed by atoms with Gasteiger partial charge in [-0.3, -0.25) is 9.58 Å². The molecule has 1 aromatic heterocycles. The van der Waals surface area contributed by atoms with E-state index < -0.39 is 0 Å². The highest BCUT2D eigenvalue weighted by molar-refractivity contribution is 5.00. The molecule has 0 bridgehead atoms. The Balaban J connectivity index is 1.93. The van der Waals surface area contributed by atoms with E-state index in [9.17, 15) is 0 Å². The Kier molecular flexibility index (Phi) is 5.40. The lowest BCUT2D eigenvalue weighted by Gasteiger charge is -2.37. The van der Waals surface area contributed by atoms with E-state index in [0.29, 0.717) is 12.1 Å². The molecule has 1 aliphatic carbocycles. The molecule has 19 heavy (non-hydrogen) atoms. The predicted molar refractivity (Wildman–Crippen MR) is 77.0 cm³/mol. The number of hydrogen-bond donors (Lipinski definition) is 1. The van der Waals surface area contributed by atoms with Crippen LogP contribution >= 0.6 is 0 Å². The molecule has 4 nitrogen and oxygen atoms in total. The molecule has 108 valence electrons. The number of nitrogens with zero attached hydrogens (tertiary/aromatic N) is 3. The third kappa shape index (κ3) is 3.80. The van der Waals surface area contributed by atoms with Crippen molar-refractivity contribution in [1.29, 1.82) is 0 Å². The second-order valence-electron chi connectivity index (χ2n) is 5.68. The van der Waals surface area contributed by atoms with E-state index in [2.05, 4.69) is 40.8 Å². The summed E-state index contributed by atoms with van der Waals surface area (Å²) in [6.07, 6.45) is 8.02. The number of rotatable bonds is 8. The van der Waals surface area contributed by atoms with Gasteiger partial charge in [0, 0.05) is 38.0 Å². The molecular formula is C15H27N3O. The topological polar surface area (TPSA) is 41.3 Å². The minimum Gasteiger partial charge on any atom is -0.396 e. The molecule has 0 saturated heterocycles. The smallest absolute Gasteiger partial charge is 0.0764 e. The van der Waals surface area contributed by atoms with Crippen LogP contribution in [-0.2, 0) is 6.54 Å². The van der Waals surface area contributed by atoms with Crippen molar-refractivity contribution in [3.05, 3.63) is 18.0 Å². The fourth-order valence-electron chi connectivity index (χ4n) is 2.52. The van der Waals surface area contributed by atoms with Gasteiger partial charge in [0.2, 0.25) is 0 Å². The van der Waals surface area contributed by atoms with E-state index >= 15 is 0 Å². The number of aromatic nitrogens is 2. The molecule has 1 N–H and O–H groups in total. The van der Waals surface area contributed by atoms with Gasteiger partial charge in [0.05, 0.1) is 5.69 Å². The van der Waals surface area contributed by atoms with Gasteiger partial charge < -0.3 is 5.11 Å². The van der Waals surface area contributed by atoms with Gasteiger partial charge in [-0.2, -0.15) is 5.10 Å². The predicted octanol–water partition coefficient (Wildman–Crippen LogP) is 2.59. The molecule has 0 radical (unpaired) electrons. The first-order valence-electron chi connectivity index (χ1n) is 7.63. The zero-order valence-corrected chi connectivity index (χ0v) is 12.3. The lowest BCUT2D eigenvalue weighted by Crippen LogP contribution is -2.40. The Hall–Kier alpha value is -0.870. The van der Waals surface area contributed by atoms with Crippen molar-refractivity contribution in [2.45, 2.75) is 64.6 Å². The van der Waals surface area contributed by atoms with E-state index in [4.69, 9.17) is 5.11 Å². The molecule has 2 rings (SSSR count). The summed E-state index contributed by atoms with van der Waals surface area (Å²) in [4.78, 5) is 2.49. The van der Waals surface area contributed by atoms with Crippen LogP contribution in [0.4, 0.5) is 0 Å². The third-order valence-corrected chi connectivity index (χ3v) is 4.27. The van der Waals surface area contributed by atoms with Crippen LogP contribution in [0, 0.1) is 0 Å². The zero-order valence-electron chi connectivity index (χ0n) is 12.3. The molecule has 0 spiro atoms. The standard InChI is InChI=1S/C15H27N3O/c1-3-13(2)18-10-8-14(16-18)12-17(9-5-11-19)15-6-4-7-15/h8,10,13,15,19H,3-7,9,11-12H2,1-2H3. The summed E-state index contributed by atoms with van der Waals surface area (Å²) < 4.78 is 2.07. The van der Waals surface area contributed by atoms with Gasteiger partial charge in [-0.15, -0.1) is 0 Å². The zero-order chi connectivity index (χ0) is 13.7. The molecule has 1 aromatic rings. The Bertz CT molecular complexity index is 373. The lowest BCUT2D eigenvalue weighted by atomic mass is 9.91. The summed E-state index contributed by atoms with van der Waals surface area (Å²) in [7, 11) is 0. The normalized spacial score (nSPS) is 17.7. The van der Waals surface area contributed by atoms with E-state index in [1.807, 2.05) is 0 Å². The van der Waals surface area contributed by atoms with Crippen molar-refractivity contribution in [1.82, 2.24) is 14.7 Å². The molecule has 0 aromatic carbocycles. The van der Waals surface area contributed by atoms with Crippen molar-refractivity contribution in [3.63, 3.8) is 0 Å². The average Bonchev–Trinajstić information content (AvgIpc) is 2.81. The molecule has 1 unspecified atom stereocenters.